The highest BCUT2D eigenvalue weighted by molar-refractivity contribution is 6.34. The molecule has 0 aliphatic heterocycles. The van der Waals surface area contributed by atoms with E-state index >= 15 is 0 Å². The van der Waals surface area contributed by atoms with Gasteiger partial charge in [0, 0.05) is 28.7 Å². The lowest BCUT2D eigenvalue weighted by Crippen LogP contribution is -2.10. The Morgan fingerprint density at radius 2 is 1.23 bits per heavy atom. The molecule has 1 aromatic carbocycles. The molecule has 0 spiro atoms. The maximum absolute atomic E-state index is 11.6. The van der Waals surface area contributed by atoms with E-state index in [2.05, 4.69) is 0 Å². The van der Waals surface area contributed by atoms with Gasteiger partial charge in [-0.05, 0) is 0 Å². The Kier molecular flexibility index (Phi) is 1.02. The third-order valence-corrected chi connectivity index (χ3v) is 2.40. The Bertz CT molecular complexity index is 438. The van der Waals surface area contributed by atoms with E-state index in [1.807, 2.05) is 0 Å². The van der Waals surface area contributed by atoms with Crippen molar-refractivity contribution >= 4 is 11.6 Å². The molecule has 2 aliphatic rings. The van der Waals surface area contributed by atoms with Crippen LogP contribution in [0, 0.1) is 6.42 Å². The number of allylic oxidation sites excluding steroid dienone is 2. The van der Waals surface area contributed by atoms with Gasteiger partial charge in [0.15, 0.2) is 11.6 Å². The molecule has 0 bridgehead atoms. The summed E-state index contributed by atoms with van der Waals surface area (Å²) in [6.07, 6.45) is 1.66. The van der Waals surface area contributed by atoms with Gasteiger partial charge in [0.1, 0.15) is 0 Å². The fourth-order valence-corrected chi connectivity index (χ4v) is 1.65. The van der Waals surface area contributed by atoms with Crippen molar-refractivity contribution < 1.29 is 9.59 Å². The van der Waals surface area contributed by atoms with Gasteiger partial charge in [-0.15, -0.1) is 0 Å². The van der Waals surface area contributed by atoms with E-state index in [-0.39, 0.29) is 11.6 Å². The lowest BCUT2D eigenvalue weighted by Gasteiger charge is -2.06. The van der Waals surface area contributed by atoms with Crippen molar-refractivity contribution in [1.82, 2.24) is 0 Å². The number of benzene rings is 1. The van der Waals surface area contributed by atoms with Crippen molar-refractivity contribution in [1.29, 1.82) is 0 Å². The highest BCUT2D eigenvalue weighted by Gasteiger charge is 2.40. The van der Waals surface area contributed by atoms with Crippen LogP contribution >= 0.6 is 0 Å². The number of Topliss-reactive ketones (excluding diaryl/α,β-unsaturated/α-hetero) is 2. The smallest absolute Gasteiger partial charge is 0.190 e. The molecule has 3 rings (SSSR count). The topological polar surface area (TPSA) is 34.1 Å². The van der Waals surface area contributed by atoms with E-state index in [9.17, 15) is 9.59 Å². The summed E-state index contributed by atoms with van der Waals surface area (Å²) < 4.78 is 0. The summed E-state index contributed by atoms with van der Waals surface area (Å²) >= 11 is 0. The molecule has 1 radical (unpaired) electrons. The fraction of sp³-hybridized carbons (Fsp3) is 0. The first-order chi connectivity index (χ1) is 6.29. The molecule has 0 atom stereocenters. The van der Waals surface area contributed by atoms with E-state index in [0.717, 1.165) is 0 Å². The van der Waals surface area contributed by atoms with Gasteiger partial charge in [-0.25, -0.2) is 0 Å². The Labute approximate surface area is 74.9 Å². The summed E-state index contributed by atoms with van der Waals surface area (Å²) in [6.45, 7) is 0. The van der Waals surface area contributed by atoms with Gasteiger partial charge in [-0.3, -0.25) is 9.59 Å². The zero-order chi connectivity index (χ0) is 9.00. The summed E-state index contributed by atoms with van der Waals surface area (Å²) in [5, 5.41) is 0. The monoisotopic (exact) mass is 169 g/mol. The predicted octanol–water partition coefficient (Wildman–Crippen LogP) is 1.58. The van der Waals surface area contributed by atoms with Crippen LogP contribution in [0.15, 0.2) is 35.4 Å². The molecule has 0 amide bonds. The molecule has 0 N–H and O–H groups in total. The minimum absolute atomic E-state index is 0.00907. The SMILES string of the molecule is O=C1C2=C([CH]2)C(=O)c2ccccc21. The fourth-order valence-electron chi connectivity index (χ4n) is 1.65. The van der Waals surface area contributed by atoms with Gasteiger partial charge in [0.05, 0.1) is 0 Å². The Morgan fingerprint density at radius 1 is 0.769 bits per heavy atom. The predicted molar refractivity (Wildman–Crippen MR) is 46.4 cm³/mol. The second kappa shape index (κ2) is 1.96. The van der Waals surface area contributed by atoms with Crippen LogP contribution in [0.3, 0.4) is 0 Å². The maximum Gasteiger partial charge on any atom is 0.190 e. The van der Waals surface area contributed by atoms with Gasteiger partial charge in [-0.1, -0.05) is 24.3 Å². The molecular formula is C11H5O2. The van der Waals surface area contributed by atoms with Gasteiger partial charge in [0.2, 0.25) is 0 Å². The van der Waals surface area contributed by atoms with Crippen LogP contribution in [-0.2, 0) is 0 Å². The van der Waals surface area contributed by atoms with E-state index in [0.29, 0.717) is 22.3 Å². The minimum Gasteiger partial charge on any atom is -0.289 e. The van der Waals surface area contributed by atoms with Crippen LogP contribution in [-0.4, -0.2) is 11.6 Å². The summed E-state index contributed by atoms with van der Waals surface area (Å²) in [5.41, 5.74) is 2.28. The molecule has 0 aromatic heterocycles. The molecule has 2 nitrogen and oxygen atoms in total. The third-order valence-electron chi connectivity index (χ3n) is 2.40. The lowest BCUT2D eigenvalue weighted by molar-refractivity contribution is 0.0994. The molecule has 0 saturated heterocycles. The van der Waals surface area contributed by atoms with Crippen molar-refractivity contribution in [2.75, 3.05) is 0 Å². The molecule has 0 fully saturated rings. The van der Waals surface area contributed by atoms with Crippen LogP contribution in [0.4, 0.5) is 0 Å². The summed E-state index contributed by atoms with van der Waals surface area (Å²) in [7, 11) is 0. The van der Waals surface area contributed by atoms with E-state index in [4.69, 9.17) is 0 Å². The summed E-state index contributed by atoms with van der Waals surface area (Å²) in [4.78, 5) is 23.1. The molecule has 0 heterocycles. The number of carbonyl (C=O) groups excluding carboxylic acids is 2. The van der Waals surface area contributed by atoms with Crippen molar-refractivity contribution in [3.63, 3.8) is 0 Å². The van der Waals surface area contributed by atoms with Crippen molar-refractivity contribution in [3.05, 3.63) is 53.0 Å². The van der Waals surface area contributed by atoms with E-state index in [1.54, 1.807) is 30.7 Å². The van der Waals surface area contributed by atoms with Gasteiger partial charge in [-0.2, -0.15) is 0 Å². The molecule has 13 heavy (non-hydrogen) atoms. The highest BCUT2D eigenvalue weighted by Crippen LogP contribution is 2.40. The zero-order valence-electron chi connectivity index (χ0n) is 6.70. The van der Waals surface area contributed by atoms with Crippen LogP contribution in [0.2, 0.25) is 0 Å². The largest absolute Gasteiger partial charge is 0.289 e. The molecule has 2 heteroatoms. The van der Waals surface area contributed by atoms with Crippen molar-refractivity contribution in [2.45, 2.75) is 0 Å². The maximum atomic E-state index is 11.6. The number of fused-ring (bicyclic) bond motifs is 1. The molecule has 2 aliphatic carbocycles. The quantitative estimate of drug-likeness (QED) is 0.590. The van der Waals surface area contributed by atoms with E-state index < -0.39 is 0 Å². The van der Waals surface area contributed by atoms with Crippen molar-refractivity contribution in [3.8, 4) is 0 Å². The molecule has 0 saturated carbocycles. The Hall–Kier alpha value is -1.70. The third kappa shape index (κ3) is 0.724. The van der Waals surface area contributed by atoms with Crippen molar-refractivity contribution in [2.24, 2.45) is 0 Å². The average molecular weight is 169 g/mol. The first-order valence-electron chi connectivity index (χ1n) is 4.06. The number of hydrogen-bond acceptors (Lipinski definition) is 2. The second-order valence-corrected chi connectivity index (χ2v) is 3.18. The first kappa shape index (κ1) is 6.78. The van der Waals surface area contributed by atoms with Crippen LogP contribution in [0.25, 0.3) is 0 Å². The number of rotatable bonds is 0. The summed E-state index contributed by atoms with van der Waals surface area (Å²) in [5.74, 6) is -0.0181. The number of hydrogen-bond donors (Lipinski definition) is 0. The van der Waals surface area contributed by atoms with E-state index in [1.165, 1.54) is 0 Å². The molecule has 1 aromatic rings. The number of carbonyl (C=O) groups is 2. The standard InChI is InChI=1S/C11H5O2/c12-10-6-3-1-2-4-7(6)11(13)9-5-8(9)10/h1-5H. The zero-order valence-corrected chi connectivity index (χ0v) is 6.70. The Balaban J connectivity index is 2.32. The van der Waals surface area contributed by atoms with Gasteiger partial charge < -0.3 is 0 Å². The normalized spacial score (nSPS) is 18.5. The van der Waals surface area contributed by atoms with Gasteiger partial charge in [0.25, 0.3) is 0 Å². The minimum atomic E-state index is -0.00907. The second-order valence-electron chi connectivity index (χ2n) is 3.18. The summed E-state index contributed by atoms with van der Waals surface area (Å²) in [6, 6.07) is 6.95. The molecular weight excluding hydrogens is 164 g/mol. The average Bonchev–Trinajstić information content (AvgIpc) is 2.94. The first-order valence-corrected chi connectivity index (χ1v) is 4.06. The van der Waals surface area contributed by atoms with Gasteiger partial charge >= 0.3 is 0 Å². The highest BCUT2D eigenvalue weighted by atomic mass is 16.1. The molecule has 0 unspecified atom stereocenters. The molecule has 61 valence electrons. The number of ketones is 2. The van der Waals surface area contributed by atoms with Crippen LogP contribution < -0.4 is 0 Å². The lowest BCUT2D eigenvalue weighted by atomic mass is 9.95. The van der Waals surface area contributed by atoms with Crippen LogP contribution in [0.1, 0.15) is 20.7 Å². The Morgan fingerprint density at radius 3 is 1.69 bits per heavy atom. The van der Waals surface area contributed by atoms with Crippen LogP contribution in [0.5, 0.6) is 0 Å².